The number of methoxy groups -OCH3 is 1. The number of nitrogens with one attached hydrogen (secondary N) is 2. The van der Waals surface area contributed by atoms with Crippen molar-refractivity contribution in [2.24, 2.45) is 5.92 Å². The average molecular weight is 423 g/mol. The van der Waals surface area contributed by atoms with Crippen molar-refractivity contribution in [3.05, 3.63) is 35.1 Å². The first-order valence-corrected chi connectivity index (χ1v) is 10.7. The summed E-state index contributed by atoms with van der Waals surface area (Å²) < 4.78 is 10.8. The van der Waals surface area contributed by atoms with Gasteiger partial charge in [-0.15, -0.1) is 11.3 Å². The molecule has 0 saturated carbocycles. The van der Waals surface area contributed by atoms with Crippen LogP contribution in [0.25, 0.3) is 21.1 Å². The lowest BCUT2D eigenvalue weighted by Gasteiger charge is -2.20. The van der Waals surface area contributed by atoms with Crippen LogP contribution in [0.3, 0.4) is 0 Å². The minimum absolute atomic E-state index is 0.0847. The number of anilines is 2. The zero-order chi connectivity index (χ0) is 20.7. The number of aromatic amines is 1. The Labute approximate surface area is 176 Å². The fraction of sp³-hybridized carbons (Fsp3) is 0.333. The van der Waals surface area contributed by atoms with Crippen molar-refractivity contribution in [1.82, 2.24) is 20.2 Å². The van der Waals surface area contributed by atoms with Crippen LogP contribution in [0.15, 0.2) is 24.7 Å². The lowest BCUT2D eigenvalue weighted by Crippen LogP contribution is -2.23. The van der Waals surface area contributed by atoms with E-state index in [1.165, 1.54) is 10.4 Å². The largest absolute Gasteiger partial charge is 0.494 e. The topological polar surface area (TPSA) is 102 Å². The van der Waals surface area contributed by atoms with Crippen LogP contribution in [-0.4, -0.2) is 39.9 Å². The summed E-state index contributed by atoms with van der Waals surface area (Å²) >= 11 is 1.63. The molecule has 5 rings (SSSR count). The molecule has 1 atom stereocenters. The molecule has 4 aromatic rings. The third kappa shape index (κ3) is 3.15. The maximum Gasteiger partial charge on any atom is 0.309 e. The number of fused-ring (bicyclic) bond motifs is 4. The Morgan fingerprint density at radius 3 is 3.10 bits per heavy atom. The summed E-state index contributed by atoms with van der Waals surface area (Å²) in [5.74, 6) is 1.25. The molecule has 1 aliphatic rings. The van der Waals surface area contributed by atoms with Gasteiger partial charge in [-0.1, -0.05) is 0 Å². The van der Waals surface area contributed by atoms with Gasteiger partial charge in [-0.2, -0.15) is 5.10 Å². The maximum absolute atomic E-state index is 12.2. The van der Waals surface area contributed by atoms with Crippen molar-refractivity contribution < 1.29 is 14.3 Å². The van der Waals surface area contributed by atoms with Crippen molar-refractivity contribution >= 4 is 49.9 Å². The maximum atomic E-state index is 12.2. The molecule has 0 radical (unpaired) electrons. The molecule has 154 valence electrons. The number of esters is 1. The number of ether oxygens (including phenoxy) is 2. The second-order valence-electron chi connectivity index (χ2n) is 7.23. The zero-order valence-corrected chi connectivity index (χ0v) is 17.5. The van der Waals surface area contributed by atoms with Crippen LogP contribution in [0.2, 0.25) is 0 Å². The zero-order valence-electron chi connectivity index (χ0n) is 16.7. The highest BCUT2D eigenvalue weighted by Gasteiger charge is 2.30. The summed E-state index contributed by atoms with van der Waals surface area (Å²) in [5.41, 5.74) is 2.94. The summed E-state index contributed by atoms with van der Waals surface area (Å²) in [4.78, 5) is 23.3. The quantitative estimate of drug-likeness (QED) is 0.468. The highest BCUT2D eigenvalue weighted by atomic mass is 32.1. The van der Waals surface area contributed by atoms with Crippen molar-refractivity contribution in [2.75, 3.05) is 19.0 Å². The van der Waals surface area contributed by atoms with E-state index in [2.05, 4.69) is 25.5 Å². The number of benzene rings is 1. The molecule has 0 spiro atoms. The first-order chi connectivity index (χ1) is 14.7. The number of rotatable bonds is 5. The lowest BCUT2D eigenvalue weighted by molar-refractivity contribution is -0.148. The van der Waals surface area contributed by atoms with Gasteiger partial charge in [0.05, 0.1) is 42.4 Å². The predicted molar refractivity (Wildman–Crippen MR) is 115 cm³/mol. The summed E-state index contributed by atoms with van der Waals surface area (Å²) in [6.07, 6.45) is 5.61. The van der Waals surface area contributed by atoms with E-state index in [-0.39, 0.29) is 11.9 Å². The number of H-pyrrole nitrogens is 1. The summed E-state index contributed by atoms with van der Waals surface area (Å²) in [7, 11) is 1.64. The van der Waals surface area contributed by atoms with Crippen molar-refractivity contribution in [3.8, 4) is 5.75 Å². The third-order valence-corrected chi connectivity index (χ3v) is 6.64. The summed E-state index contributed by atoms with van der Waals surface area (Å²) in [6.45, 7) is 2.26. The second-order valence-corrected chi connectivity index (χ2v) is 8.32. The van der Waals surface area contributed by atoms with Crippen molar-refractivity contribution in [2.45, 2.75) is 26.2 Å². The van der Waals surface area contributed by atoms with Crippen LogP contribution in [0.1, 0.15) is 23.8 Å². The molecule has 0 amide bonds. The fourth-order valence-corrected chi connectivity index (χ4v) is 5.30. The van der Waals surface area contributed by atoms with E-state index in [0.717, 1.165) is 45.5 Å². The highest BCUT2D eigenvalue weighted by molar-refractivity contribution is 7.19. The Morgan fingerprint density at radius 1 is 1.37 bits per heavy atom. The molecule has 0 aliphatic heterocycles. The number of carbonyl (C=O) groups excluding carboxylic acids is 1. The lowest BCUT2D eigenvalue weighted by atomic mass is 9.88. The number of nitrogens with zero attached hydrogens (tertiary/aromatic N) is 3. The van der Waals surface area contributed by atoms with Crippen LogP contribution >= 0.6 is 11.3 Å². The van der Waals surface area contributed by atoms with Gasteiger partial charge >= 0.3 is 5.97 Å². The SMILES string of the molecule is CCOC(=O)[C@H]1CCc2c(sc3ncnc(Nc4cc5cn[nH]c5cc4OC)c23)C1. The molecule has 30 heavy (non-hydrogen) atoms. The Hall–Kier alpha value is -3.20. The van der Waals surface area contributed by atoms with Crippen molar-refractivity contribution in [1.29, 1.82) is 0 Å². The Balaban J connectivity index is 1.53. The number of hydrogen-bond acceptors (Lipinski definition) is 8. The first-order valence-electron chi connectivity index (χ1n) is 9.88. The molecular weight excluding hydrogens is 402 g/mol. The normalized spacial score (nSPS) is 15.9. The van der Waals surface area contributed by atoms with Crippen LogP contribution in [0.4, 0.5) is 11.5 Å². The fourth-order valence-electron chi connectivity index (χ4n) is 4.03. The minimum Gasteiger partial charge on any atom is -0.494 e. The molecule has 0 saturated heterocycles. The van der Waals surface area contributed by atoms with E-state index in [4.69, 9.17) is 9.47 Å². The van der Waals surface area contributed by atoms with E-state index >= 15 is 0 Å². The first kappa shape index (κ1) is 18.8. The van der Waals surface area contributed by atoms with E-state index in [9.17, 15) is 4.79 Å². The number of thiophene rings is 1. The number of hydrogen-bond donors (Lipinski definition) is 2. The minimum atomic E-state index is -0.108. The molecule has 0 unspecified atom stereocenters. The monoisotopic (exact) mass is 423 g/mol. The van der Waals surface area contributed by atoms with Gasteiger partial charge in [0.15, 0.2) is 0 Å². The molecule has 2 N–H and O–H groups in total. The molecule has 1 aliphatic carbocycles. The van der Waals surface area contributed by atoms with E-state index in [1.807, 2.05) is 19.1 Å². The van der Waals surface area contributed by atoms with E-state index in [0.29, 0.717) is 18.8 Å². The van der Waals surface area contributed by atoms with Crippen molar-refractivity contribution in [3.63, 3.8) is 0 Å². The van der Waals surface area contributed by atoms with E-state index in [1.54, 1.807) is 31.0 Å². The van der Waals surface area contributed by atoms with Gasteiger partial charge in [-0.3, -0.25) is 9.89 Å². The average Bonchev–Trinajstić information content (AvgIpc) is 3.36. The number of carbonyl (C=O) groups is 1. The van der Waals surface area contributed by atoms with Gasteiger partial charge in [-0.05, 0) is 37.8 Å². The number of aromatic nitrogens is 4. The van der Waals surface area contributed by atoms with Crippen LogP contribution in [0, 0.1) is 5.92 Å². The summed E-state index contributed by atoms with van der Waals surface area (Å²) in [6, 6.07) is 3.90. The highest BCUT2D eigenvalue weighted by Crippen LogP contribution is 2.41. The van der Waals surface area contributed by atoms with Gasteiger partial charge in [0, 0.05) is 16.3 Å². The van der Waals surface area contributed by atoms with Crippen LogP contribution in [-0.2, 0) is 22.4 Å². The smallest absolute Gasteiger partial charge is 0.309 e. The molecule has 0 bridgehead atoms. The molecule has 1 aromatic carbocycles. The second kappa shape index (κ2) is 7.56. The third-order valence-electron chi connectivity index (χ3n) is 5.48. The van der Waals surface area contributed by atoms with Gasteiger partial charge in [0.2, 0.25) is 0 Å². The molecule has 8 nitrogen and oxygen atoms in total. The Bertz CT molecular complexity index is 1250. The van der Waals surface area contributed by atoms with Crippen LogP contribution in [0.5, 0.6) is 5.75 Å². The van der Waals surface area contributed by atoms with Crippen LogP contribution < -0.4 is 10.1 Å². The molecular formula is C21H21N5O3S. The number of aryl methyl sites for hydroxylation is 1. The standard InChI is InChI=1S/C21H21N5O3S/c1-3-29-21(27)11-4-5-13-17(7-11)30-20-18(13)19(22-10-23-20)25-15-6-12-9-24-26-14(12)8-16(15)28-2/h6,8-11H,3-5,7H2,1-2H3,(H,24,26)(H,22,23,25)/t11-/m0/s1. The van der Waals surface area contributed by atoms with Gasteiger partial charge in [-0.25, -0.2) is 9.97 Å². The molecule has 9 heteroatoms. The summed E-state index contributed by atoms with van der Waals surface area (Å²) in [5, 5.41) is 12.5. The molecule has 3 aromatic heterocycles. The predicted octanol–water partition coefficient (Wildman–Crippen LogP) is 3.99. The molecule has 3 heterocycles. The van der Waals surface area contributed by atoms with E-state index < -0.39 is 0 Å². The van der Waals surface area contributed by atoms with Gasteiger partial charge in [0.25, 0.3) is 0 Å². The van der Waals surface area contributed by atoms with Gasteiger partial charge in [0.1, 0.15) is 22.7 Å². The Morgan fingerprint density at radius 2 is 2.27 bits per heavy atom. The molecule has 0 fully saturated rings. The van der Waals surface area contributed by atoms with Gasteiger partial charge < -0.3 is 14.8 Å². The Kier molecular flexibility index (Phi) is 4.74.